The quantitative estimate of drug-likeness (QED) is 0.755. The number of hydrogen-bond donors (Lipinski definition) is 0. The third kappa shape index (κ3) is 3.22. The molecule has 1 spiro atoms. The molecule has 1 fully saturated rings. The van der Waals surface area contributed by atoms with Crippen molar-refractivity contribution in [3.63, 3.8) is 0 Å². The van der Waals surface area contributed by atoms with E-state index in [1.165, 1.54) is 16.9 Å². The molecule has 28 heavy (non-hydrogen) atoms. The van der Waals surface area contributed by atoms with Crippen LogP contribution in [0.2, 0.25) is 0 Å². The Hall–Kier alpha value is -1.61. The third-order valence-corrected chi connectivity index (χ3v) is 9.06. The van der Waals surface area contributed by atoms with Crippen molar-refractivity contribution in [3.05, 3.63) is 40.3 Å². The molecule has 0 N–H and O–H groups in total. The Morgan fingerprint density at radius 3 is 2.39 bits per heavy atom. The predicted octanol–water partition coefficient (Wildman–Crippen LogP) is 3.33. The Labute approximate surface area is 170 Å². The molecule has 1 aromatic carbocycles. The molecule has 2 aromatic rings. The fourth-order valence-electron chi connectivity index (χ4n) is 4.17. The van der Waals surface area contributed by atoms with E-state index in [1.54, 1.807) is 24.6 Å². The summed E-state index contributed by atoms with van der Waals surface area (Å²) in [6, 6.07) is 7.57. The van der Waals surface area contributed by atoms with Crippen LogP contribution >= 0.6 is 11.3 Å². The molecule has 1 aromatic heterocycles. The van der Waals surface area contributed by atoms with E-state index in [-0.39, 0.29) is 0 Å². The average molecular weight is 424 g/mol. The van der Waals surface area contributed by atoms with Gasteiger partial charge in [-0.1, -0.05) is 0 Å². The van der Waals surface area contributed by atoms with Crippen molar-refractivity contribution >= 4 is 21.4 Å². The van der Waals surface area contributed by atoms with E-state index in [9.17, 15) is 8.42 Å². The molecule has 0 atom stereocenters. The molecule has 0 radical (unpaired) electrons. The normalized spacial score (nSPS) is 19.4. The molecule has 2 aliphatic rings. The van der Waals surface area contributed by atoms with Gasteiger partial charge in [-0.3, -0.25) is 0 Å². The lowest BCUT2D eigenvalue weighted by atomic mass is 9.79. The first-order valence-corrected chi connectivity index (χ1v) is 11.6. The summed E-state index contributed by atoms with van der Waals surface area (Å²) in [5.74, 6) is 1.39. The summed E-state index contributed by atoms with van der Waals surface area (Å²) < 4.78 is 45.1. The third-order valence-electron chi connectivity index (χ3n) is 5.69. The van der Waals surface area contributed by atoms with Crippen molar-refractivity contribution in [3.8, 4) is 11.5 Å². The molecular formula is C20H25NO5S2. The van der Waals surface area contributed by atoms with Crippen molar-refractivity contribution in [2.45, 2.75) is 36.0 Å². The van der Waals surface area contributed by atoms with Crippen LogP contribution in [-0.4, -0.2) is 46.6 Å². The van der Waals surface area contributed by atoms with Crippen LogP contribution in [0.25, 0.3) is 0 Å². The Bertz CT molecular complexity index is 974. The highest BCUT2D eigenvalue weighted by molar-refractivity contribution is 7.91. The largest absolute Gasteiger partial charge is 0.493 e. The molecule has 3 heterocycles. The van der Waals surface area contributed by atoms with E-state index >= 15 is 0 Å². The highest BCUT2D eigenvalue weighted by atomic mass is 32.2. The molecule has 0 saturated carbocycles. The van der Waals surface area contributed by atoms with E-state index in [0.717, 1.165) is 16.9 Å². The second kappa shape index (κ2) is 7.33. The van der Waals surface area contributed by atoms with Crippen LogP contribution in [0.1, 0.15) is 28.8 Å². The summed E-state index contributed by atoms with van der Waals surface area (Å²) in [7, 11) is -0.188. The predicted molar refractivity (Wildman–Crippen MR) is 108 cm³/mol. The standard InChI is InChI=1S/C20H25NO5S2/c1-14-4-5-19(27-14)28(22,23)21-9-7-20(8-10-21)16-13-18(25-3)17(24-2)12-15(16)6-11-26-20/h4-5,12-13H,6-11H2,1-3H3. The summed E-state index contributed by atoms with van der Waals surface area (Å²) in [5, 5.41) is 0. The number of nitrogens with zero attached hydrogens (tertiary/aromatic N) is 1. The minimum atomic E-state index is -3.45. The van der Waals surface area contributed by atoms with Gasteiger partial charge < -0.3 is 14.2 Å². The van der Waals surface area contributed by atoms with Gasteiger partial charge >= 0.3 is 0 Å². The number of fused-ring (bicyclic) bond motifs is 2. The van der Waals surface area contributed by atoms with Gasteiger partial charge in [-0.2, -0.15) is 4.31 Å². The van der Waals surface area contributed by atoms with Crippen molar-refractivity contribution in [1.82, 2.24) is 4.31 Å². The Morgan fingerprint density at radius 2 is 1.79 bits per heavy atom. The fraction of sp³-hybridized carbons (Fsp3) is 0.500. The number of methoxy groups -OCH3 is 2. The van der Waals surface area contributed by atoms with Gasteiger partial charge in [-0.25, -0.2) is 8.42 Å². The van der Waals surface area contributed by atoms with Crippen molar-refractivity contribution < 1.29 is 22.6 Å². The van der Waals surface area contributed by atoms with E-state index in [1.807, 2.05) is 25.1 Å². The van der Waals surface area contributed by atoms with E-state index < -0.39 is 15.6 Å². The number of thiophene rings is 1. The number of benzene rings is 1. The SMILES string of the molecule is COc1cc2c(cc1OC)C1(CCN(S(=O)(=O)c3ccc(C)s3)CC1)OCC2. The maximum Gasteiger partial charge on any atom is 0.252 e. The van der Waals surface area contributed by atoms with Gasteiger partial charge in [0.2, 0.25) is 0 Å². The minimum Gasteiger partial charge on any atom is -0.493 e. The lowest BCUT2D eigenvalue weighted by molar-refractivity contribution is -0.0893. The van der Waals surface area contributed by atoms with Crippen molar-refractivity contribution in [2.24, 2.45) is 0 Å². The van der Waals surface area contributed by atoms with Crippen LogP contribution in [0.3, 0.4) is 0 Å². The van der Waals surface area contributed by atoms with Gasteiger partial charge in [0.05, 0.1) is 26.4 Å². The van der Waals surface area contributed by atoms with Gasteiger partial charge in [-0.05, 0) is 61.6 Å². The summed E-state index contributed by atoms with van der Waals surface area (Å²) in [5.41, 5.74) is 1.82. The second-order valence-electron chi connectivity index (χ2n) is 7.23. The number of ether oxygens (including phenoxy) is 3. The summed E-state index contributed by atoms with van der Waals surface area (Å²) in [6.45, 7) is 3.42. The number of hydrogen-bond acceptors (Lipinski definition) is 6. The molecule has 0 aliphatic carbocycles. The molecule has 2 aliphatic heterocycles. The molecule has 4 rings (SSSR count). The van der Waals surface area contributed by atoms with Gasteiger partial charge in [0.25, 0.3) is 10.0 Å². The molecule has 1 saturated heterocycles. The molecule has 6 nitrogen and oxygen atoms in total. The van der Waals surface area contributed by atoms with E-state index in [2.05, 4.69) is 0 Å². The molecular weight excluding hydrogens is 398 g/mol. The molecule has 8 heteroatoms. The Kier molecular flexibility index (Phi) is 5.16. The monoisotopic (exact) mass is 423 g/mol. The maximum absolute atomic E-state index is 13.0. The van der Waals surface area contributed by atoms with E-state index in [0.29, 0.717) is 48.2 Å². The Morgan fingerprint density at radius 1 is 1.11 bits per heavy atom. The first kappa shape index (κ1) is 19.7. The average Bonchev–Trinajstić information content (AvgIpc) is 3.15. The Balaban J connectivity index is 1.62. The van der Waals surface area contributed by atoms with Gasteiger partial charge in [0.1, 0.15) is 4.21 Å². The molecule has 0 unspecified atom stereocenters. The van der Waals surface area contributed by atoms with Crippen LogP contribution in [0.4, 0.5) is 0 Å². The lowest BCUT2D eigenvalue weighted by Crippen LogP contribution is -2.48. The van der Waals surface area contributed by atoms with Crippen LogP contribution < -0.4 is 9.47 Å². The van der Waals surface area contributed by atoms with Gasteiger partial charge in [0, 0.05) is 18.0 Å². The first-order chi connectivity index (χ1) is 13.4. The zero-order valence-corrected chi connectivity index (χ0v) is 18.0. The number of piperidine rings is 1. The zero-order valence-electron chi connectivity index (χ0n) is 16.4. The van der Waals surface area contributed by atoms with Crippen LogP contribution in [0.5, 0.6) is 11.5 Å². The minimum absolute atomic E-state index is 0.414. The van der Waals surface area contributed by atoms with Crippen LogP contribution in [-0.2, 0) is 26.8 Å². The van der Waals surface area contributed by atoms with Crippen LogP contribution in [0, 0.1) is 6.92 Å². The van der Waals surface area contributed by atoms with Gasteiger partial charge in [0.15, 0.2) is 11.5 Å². The van der Waals surface area contributed by atoms with Crippen molar-refractivity contribution in [2.75, 3.05) is 33.9 Å². The zero-order chi connectivity index (χ0) is 19.9. The molecule has 0 amide bonds. The first-order valence-electron chi connectivity index (χ1n) is 9.35. The number of aryl methyl sites for hydroxylation is 1. The smallest absolute Gasteiger partial charge is 0.252 e. The summed E-state index contributed by atoms with van der Waals surface area (Å²) in [6.07, 6.45) is 2.06. The van der Waals surface area contributed by atoms with Crippen molar-refractivity contribution in [1.29, 1.82) is 0 Å². The number of sulfonamides is 1. The second-order valence-corrected chi connectivity index (χ2v) is 10.7. The summed E-state index contributed by atoms with van der Waals surface area (Å²) in [4.78, 5) is 0.998. The highest BCUT2D eigenvalue weighted by Crippen LogP contribution is 2.46. The molecule has 0 bridgehead atoms. The summed E-state index contributed by atoms with van der Waals surface area (Å²) >= 11 is 1.32. The molecule has 152 valence electrons. The fourth-order valence-corrected chi connectivity index (χ4v) is 7.04. The lowest BCUT2D eigenvalue weighted by Gasteiger charge is -2.44. The highest BCUT2D eigenvalue weighted by Gasteiger charge is 2.44. The number of rotatable bonds is 4. The van der Waals surface area contributed by atoms with E-state index in [4.69, 9.17) is 14.2 Å². The van der Waals surface area contributed by atoms with Gasteiger partial charge in [-0.15, -0.1) is 11.3 Å². The maximum atomic E-state index is 13.0. The van der Waals surface area contributed by atoms with Crippen LogP contribution in [0.15, 0.2) is 28.5 Å². The topological polar surface area (TPSA) is 65.1 Å².